The van der Waals surface area contributed by atoms with Crippen molar-refractivity contribution in [2.75, 3.05) is 7.11 Å². The van der Waals surface area contributed by atoms with Gasteiger partial charge >= 0.3 is 5.97 Å². The van der Waals surface area contributed by atoms with Crippen LogP contribution in [0, 0.1) is 0 Å². The Kier molecular flexibility index (Phi) is 5.49. The van der Waals surface area contributed by atoms with Crippen LogP contribution in [-0.4, -0.2) is 24.3 Å². The first-order valence-corrected chi connectivity index (χ1v) is 5.62. The van der Waals surface area contributed by atoms with Gasteiger partial charge in [0.05, 0.1) is 26.2 Å². The van der Waals surface area contributed by atoms with E-state index >= 15 is 0 Å². The Morgan fingerprint density at radius 1 is 1.35 bits per heavy atom. The second kappa shape index (κ2) is 6.91. The van der Waals surface area contributed by atoms with E-state index in [0.29, 0.717) is 13.0 Å². The van der Waals surface area contributed by atoms with Crippen LogP contribution in [0.4, 0.5) is 0 Å². The molecule has 4 nitrogen and oxygen atoms in total. The normalized spacial score (nSPS) is 12.1. The number of benzene rings is 1. The summed E-state index contributed by atoms with van der Waals surface area (Å²) in [6, 6.07) is 7.53. The lowest BCUT2D eigenvalue weighted by Gasteiger charge is -2.14. The average molecular weight is 238 g/mol. The van der Waals surface area contributed by atoms with E-state index in [1.54, 1.807) is 7.11 Å². The molecular formula is C13H18O4. The van der Waals surface area contributed by atoms with E-state index in [4.69, 9.17) is 14.6 Å². The summed E-state index contributed by atoms with van der Waals surface area (Å²) in [7, 11) is 1.62. The third-order valence-corrected chi connectivity index (χ3v) is 2.50. The maximum absolute atomic E-state index is 10.6. The Morgan fingerprint density at radius 3 is 2.47 bits per heavy atom. The molecule has 17 heavy (non-hydrogen) atoms. The van der Waals surface area contributed by atoms with Gasteiger partial charge in [-0.05, 0) is 24.1 Å². The van der Waals surface area contributed by atoms with Crippen LogP contribution >= 0.6 is 0 Å². The monoisotopic (exact) mass is 238 g/mol. The predicted molar refractivity (Wildman–Crippen MR) is 64.1 cm³/mol. The SMILES string of the molecule is CC[C@H](CC(=O)O)OCc1ccc(OC)cc1. The zero-order valence-electron chi connectivity index (χ0n) is 10.2. The van der Waals surface area contributed by atoms with Gasteiger partial charge < -0.3 is 14.6 Å². The van der Waals surface area contributed by atoms with Crippen LogP contribution in [0.15, 0.2) is 24.3 Å². The van der Waals surface area contributed by atoms with Crippen LogP contribution in [0.5, 0.6) is 5.75 Å². The summed E-state index contributed by atoms with van der Waals surface area (Å²) in [5.41, 5.74) is 1.01. The van der Waals surface area contributed by atoms with E-state index < -0.39 is 5.97 Å². The van der Waals surface area contributed by atoms with Crippen molar-refractivity contribution in [3.63, 3.8) is 0 Å². The quantitative estimate of drug-likeness (QED) is 0.792. The minimum absolute atomic E-state index is 0.0483. The summed E-state index contributed by atoms with van der Waals surface area (Å²) in [4.78, 5) is 10.6. The van der Waals surface area contributed by atoms with Crippen molar-refractivity contribution >= 4 is 5.97 Å². The number of hydrogen-bond donors (Lipinski definition) is 1. The Morgan fingerprint density at radius 2 is 2.00 bits per heavy atom. The Labute approximate surface area is 101 Å². The number of carboxylic acid groups (broad SMARTS) is 1. The fourth-order valence-corrected chi connectivity index (χ4v) is 1.45. The average Bonchev–Trinajstić information content (AvgIpc) is 2.34. The first kappa shape index (κ1) is 13.5. The highest BCUT2D eigenvalue weighted by Gasteiger charge is 2.11. The van der Waals surface area contributed by atoms with Gasteiger partial charge in [-0.3, -0.25) is 4.79 Å². The van der Waals surface area contributed by atoms with Crippen molar-refractivity contribution in [1.29, 1.82) is 0 Å². The molecule has 0 aliphatic carbocycles. The number of hydrogen-bond acceptors (Lipinski definition) is 3. The molecule has 1 N–H and O–H groups in total. The lowest BCUT2D eigenvalue weighted by molar-refractivity contribution is -0.140. The molecule has 0 bridgehead atoms. The third-order valence-electron chi connectivity index (χ3n) is 2.50. The molecule has 1 aromatic carbocycles. The molecular weight excluding hydrogens is 220 g/mol. The minimum atomic E-state index is -0.827. The predicted octanol–water partition coefficient (Wildman–Crippen LogP) is 2.47. The highest BCUT2D eigenvalue weighted by Crippen LogP contribution is 2.14. The molecule has 0 aliphatic heterocycles. The zero-order chi connectivity index (χ0) is 12.7. The molecule has 0 saturated heterocycles. The van der Waals surface area contributed by atoms with Crippen LogP contribution in [0.3, 0.4) is 0 Å². The van der Waals surface area contributed by atoms with Crippen LogP contribution in [0.25, 0.3) is 0 Å². The molecule has 0 fully saturated rings. The van der Waals surface area contributed by atoms with E-state index in [1.165, 1.54) is 0 Å². The molecule has 1 atom stereocenters. The fraction of sp³-hybridized carbons (Fsp3) is 0.462. The molecule has 4 heteroatoms. The highest BCUT2D eigenvalue weighted by molar-refractivity contribution is 5.67. The Bertz CT molecular complexity index is 345. The fourth-order valence-electron chi connectivity index (χ4n) is 1.45. The van der Waals surface area contributed by atoms with Gasteiger partial charge in [-0.15, -0.1) is 0 Å². The van der Waals surface area contributed by atoms with E-state index in [-0.39, 0.29) is 12.5 Å². The lowest BCUT2D eigenvalue weighted by atomic mass is 10.2. The third kappa shape index (κ3) is 4.87. The summed E-state index contributed by atoms with van der Waals surface area (Å²) in [5, 5.41) is 8.68. The van der Waals surface area contributed by atoms with Crippen molar-refractivity contribution < 1.29 is 19.4 Å². The number of methoxy groups -OCH3 is 1. The van der Waals surface area contributed by atoms with Gasteiger partial charge in [0, 0.05) is 0 Å². The molecule has 1 aromatic rings. The van der Waals surface area contributed by atoms with Crippen molar-refractivity contribution in [3.05, 3.63) is 29.8 Å². The Balaban J connectivity index is 2.44. The number of aliphatic carboxylic acids is 1. The number of carbonyl (C=O) groups is 1. The van der Waals surface area contributed by atoms with E-state index in [1.807, 2.05) is 31.2 Å². The summed E-state index contributed by atoms with van der Waals surface area (Å²) < 4.78 is 10.6. The largest absolute Gasteiger partial charge is 0.497 e. The van der Waals surface area contributed by atoms with Crippen molar-refractivity contribution in [3.8, 4) is 5.75 Å². The second-order valence-electron chi connectivity index (χ2n) is 3.79. The molecule has 0 spiro atoms. The van der Waals surface area contributed by atoms with Crippen molar-refractivity contribution in [2.45, 2.75) is 32.5 Å². The van der Waals surface area contributed by atoms with Gasteiger partial charge in [0.15, 0.2) is 0 Å². The van der Waals surface area contributed by atoms with Crippen LogP contribution in [-0.2, 0) is 16.1 Å². The van der Waals surface area contributed by atoms with Gasteiger partial charge in [0.1, 0.15) is 5.75 Å². The van der Waals surface area contributed by atoms with Crippen molar-refractivity contribution in [1.82, 2.24) is 0 Å². The molecule has 0 aliphatic rings. The van der Waals surface area contributed by atoms with Gasteiger partial charge in [0.25, 0.3) is 0 Å². The topological polar surface area (TPSA) is 55.8 Å². The van der Waals surface area contributed by atoms with Gasteiger partial charge in [-0.2, -0.15) is 0 Å². The molecule has 0 unspecified atom stereocenters. The van der Waals surface area contributed by atoms with Gasteiger partial charge in [0.2, 0.25) is 0 Å². The molecule has 0 aromatic heterocycles. The Hall–Kier alpha value is -1.55. The number of carboxylic acids is 1. The number of ether oxygens (including phenoxy) is 2. The molecule has 0 saturated carbocycles. The van der Waals surface area contributed by atoms with E-state index in [2.05, 4.69) is 0 Å². The lowest BCUT2D eigenvalue weighted by Crippen LogP contribution is -2.16. The number of rotatable bonds is 7. The second-order valence-corrected chi connectivity index (χ2v) is 3.79. The first-order valence-electron chi connectivity index (χ1n) is 5.62. The summed E-state index contributed by atoms with van der Waals surface area (Å²) in [5.74, 6) is -0.0297. The maximum atomic E-state index is 10.6. The smallest absolute Gasteiger partial charge is 0.305 e. The van der Waals surface area contributed by atoms with Gasteiger partial charge in [-0.1, -0.05) is 19.1 Å². The summed E-state index contributed by atoms with van der Waals surface area (Å²) in [6.45, 7) is 2.34. The van der Waals surface area contributed by atoms with Crippen molar-refractivity contribution in [2.24, 2.45) is 0 Å². The molecule has 0 amide bonds. The van der Waals surface area contributed by atoms with Gasteiger partial charge in [-0.25, -0.2) is 0 Å². The standard InChI is InChI=1S/C13H18O4/c1-3-11(8-13(14)15)17-9-10-4-6-12(16-2)7-5-10/h4-7,11H,3,8-9H2,1-2H3,(H,14,15)/t11-/m1/s1. The van der Waals surface area contributed by atoms with Crippen LogP contribution in [0.1, 0.15) is 25.3 Å². The maximum Gasteiger partial charge on any atom is 0.305 e. The molecule has 0 radical (unpaired) electrons. The molecule has 94 valence electrons. The molecule has 0 heterocycles. The van der Waals surface area contributed by atoms with E-state index in [0.717, 1.165) is 11.3 Å². The van der Waals surface area contributed by atoms with Crippen LogP contribution < -0.4 is 4.74 Å². The zero-order valence-corrected chi connectivity index (χ0v) is 10.2. The molecule has 1 rings (SSSR count). The highest BCUT2D eigenvalue weighted by atomic mass is 16.5. The van der Waals surface area contributed by atoms with E-state index in [9.17, 15) is 4.79 Å². The summed E-state index contributed by atoms with van der Waals surface area (Å²) >= 11 is 0. The minimum Gasteiger partial charge on any atom is -0.497 e. The van der Waals surface area contributed by atoms with Crippen LogP contribution in [0.2, 0.25) is 0 Å². The first-order chi connectivity index (χ1) is 8.15. The summed E-state index contributed by atoms with van der Waals surface area (Å²) in [6.07, 6.45) is 0.518.